The summed E-state index contributed by atoms with van der Waals surface area (Å²) in [7, 11) is 0. The van der Waals surface area contributed by atoms with Crippen LogP contribution in [0.4, 0.5) is 0 Å². The van der Waals surface area contributed by atoms with E-state index in [9.17, 15) is 0 Å². The van der Waals surface area contributed by atoms with E-state index in [4.69, 9.17) is 4.74 Å². The first-order valence-electron chi connectivity index (χ1n) is 5.51. The summed E-state index contributed by atoms with van der Waals surface area (Å²) >= 11 is 10.4. The lowest BCUT2D eigenvalue weighted by Crippen LogP contribution is -2.24. The molecule has 1 N–H and O–H groups in total. The minimum Gasteiger partial charge on any atom is -0.491 e. The van der Waals surface area contributed by atoms with Crippen molar-refractivity contribution in [2.24, 2.45) is 0 Å². The summed E-state index contributed by atoms with van der Waals surface area (Å²) in [6.45, 7) is 5.97. The van der Waals surface area contributed by atoms with Gasteiger partial charge in [0.25, 0.3) is 0 Å². The first-order valence-corrected chi connectivity index (χ1v) is 7.89. The Bertz CT molecular complexity index is 346. The summed E-state index contributed by atoms with van der Waals surface area (Å²) in [6, 6.07) is 4.49. The van der Waals surface area contributed by atoms with E-state index in [0.29, 0.717) is 12.6 Å². The van der Waals surface area contributed by atoms with Gasteiger partial charge in [-0.15, -0.1) is 0 Å². The number of nitrogens with one attached hydrogen (secondary N) is 1. The van der Waals surface area contributed by atoms with Crippen LogP contribution in [0.25, 0.3) is 0 Å². The van der Waals surface area contributed by atoms with Crippen molar-refractivity contribution in [3.05, 3.63) is 25.6 Å². The molecule has 1 rings (SSSR count). The molecule has 0 fully saturated rings. The van der Waals surface area contributed by atoms with Gasteiger partial charge in [0, 0.05) is 10.5 Å². The molecule has 0 spiro atoms. The Morgan fingerprint density at radius 3 is 2.29 bits per heavy atom. The number of hydrogen-bond acceptors (Lipinski definition) is 2. The molecule has 17 heavy (non-hydrogen) atoms. The van der Waals surface area contributed by atoms with Gasteiger partial charge in [-0.05, 0) is 57.0 Å². The van der Waals surface area contributed by atoms with E-state index in [1.54, 1.807) is 0 Å². The molecule has 0 saturated heterocycles. The molecule has 1 aromatic rings. The Morgan fingerprint density at radius 1 is 1.18 bits per heavy atom. The molecule has 2 nitrogen and oxygen atoms in total. The fourth-order valence-corrected chi connectivity index (χ4v) is 3.79. The summed E-state index contributed by atoms with van der Waals surface area (Å²) < 4.78 is 8.68. The molecule has 0 amide bonds. The summed E-state index contributed by atoms with van der Waals surface area (Å²) in [5.74, 6) is 0.859. The predicted molar refractivity (Wildman–Crippen MR) is 82.8 cm³/mol. The average molecular weight is 430 g/mol. The normalized spacial score (nSPS) is 10.9. The fraction of sp³-hybridized carbons (Fsp3) is 0.500. The third kappa shape index (κ3) is 5.73. The molecule has 0 heterocycles. The van der Waals surface area contributed by atoms with Crippen LogP contribution in [-0.4, -0.2) is 19.2 Å². The SMILES string of the molecule is CC(C)NCCCOc1c(Br)cc(Br)cc1Br. The van der Waals surface area contributed by atoms with Crippen molar-refractivity contribution in [3.63, 3.8) is 0 Å². The minimum atomic E-state index is 0.529. The Morgan fingerprint density at radius 2 is 1.76 bits per heavy atom. The average Bonchev–Trinajstić information content (AvgIpc) is 2.20. The quantitative estimate of drug-likeness (QED) is 0.659. The molecular weight excluding hydrogens is 414 g/mol. The molecule has 0 aliphatic heterocycles. The number of halogens is 3. The number of benzene rings is 1. The van der Waals surface area contributed by atoms with Gasteiger partial charge < -0.3 is 10.1 Å². The second kappa shape index (κ2) is 7.77. The van der Waals surface area contributed by atoms with E-state index in [1.807, 2.05) is 12.1 Å². The lowest BCUT2D eigenvalue weighted by atomic mass is 10.3. The zero-order chi connectivity index (χ0) is 12.8. The summed E-state index contributed by atoms with van der Waals surface area (Å²) in [4.78, 5) is 0. The van der Waals surface area contributed by atoms with Crippen LogP contribution in [0.15, 0.2) is 25.6 Å². The minimum absolute atomic E-state index is 0.529. The molecule has 1 aromatic carbocycles. The summed E-state index contributed by atoms with van der Waals surface area (Å²) in [5.41, 5.74) is 0. The molecule has 0 saturated carbocycles. The Labute approximate surface area is 128 Å². The van der Waals surface area contributed by atoms with Crippen molar-refractivity contribution in [1.82, 2.24) is 5.32 Å². The van der Waals surface area contributed by atoms with Gasteiger partial charge in [0.2, 0.25) is 0 Å². The van der Waals surface area contributed by atoms with Gasteiger partial charge in [0.1, 0.15) is 5.75 Å². The van der Waals surface area contributed by atoms with Crippen LogP contribution in [0.1, 0.15) is 20.3 Å². The van der Waals surface area contributed by atoms with Crippen molar-refractivity contribution < 1.29 is 4.74 Å². The number of ether oxygens (including phenoxy) is 1. The van der Waals surface area contributed by atoms with Crippen LogP contribution < -0.4 is 10.1 Å². The van der Waals surface area contributed by atoms with Crippen LogP contribution in [0.3, 0.4) is 0 Å². The highest BCUT2D eigenvalue weighted by molar-refractivity contribution is 9.11. The largest absolute Gasteiger partial charge is 0.491 e. The summed E-state index contributed by atoms with van der Waals surface area (Å²) in [6.07, 6.45) is 0.993. The van der Waals surface area contributed by atoms with Crippen LogP contribution in [-0.2, 0) is 0 Å². The second-order valence-electron chi connectivity index (χ2n) is 4.01. The van der Waals surface area contributed by atoms with Crippen LogP contribution in [0, 0.1) is 0 Å². The Balaban J connectivity index is 2.42. The highest BCUT2D eigenvalue weighted by Crippen LogP contribution is 2.36. The molecule has 0 radical (unpaired) electrons. The highest BCUT2D eigenvalue weighted by atomic mass is 79.9. The highest BCUT2D eigenvalue weighted by Gasteiger charge is 2.07. The van der Waals surface area contributed by atoms with Gasteiger partial charge in [0.05, 0.1) is 15.6 Å². The Kier molecular flexibility index (Phi) is 7.07. The molecule has 0 bridgehead atoms. The van der Waals surface area contributed by atoms with Gasteiger partial charge in [0.15, 0.2) is 0 Å². The number of rotatable bonds is 6. The van der Waals surface area contributed by atoms with E-state index in [2.05, 4.69) is 67.0 Å². The van der Waals surface area contributed by atoms with E-state index in [1.165, 1.54) is 0 Å². The van der Waals surface area contributed by atoms with Gasteiger partial charge in [-0.2, -0.15) is 0 Å². The van der Waals surface area contributed by atoms with Crippen molar-refractivity contribution >= 4 is 47.8 Å². The molecule has 0 aromatic heterocycles. The molecular formula is C12H16Br3NO. The van der Waals surface area contributed by atoms with Gasteiger partial charge in [-0.25, -0.2) is 0 Å². The maximum absolute atomic E-state index is 5.75. The molecule has 0 aliphatic rings. The smallest absolute Gasteiger partial charge is 0.147 e. The van der Waals surface area contributed by atoms with Gasteiger partial charge in [-0.1, -0.05) is 29.8 Å². The third-order valence-corrected chi connectivity index (χ3v) is 3.72. The van der Waals surface area contributed by atoms with Crippen LogP contribution >= 0.6 is 47.8 Å². The molecule has 0 atom stereocenters. The molecule has 96 valence electrons. The van der Waals surface area contributed by atoms with Gasteiger partial charge >= 0.3 is 0 Å². The molecule has 0 unspecified atom stereocenters. The van der Waals surface area contributed by atoms with Crippen molar-refractivity contribution in [2.75, 3.05) is 13.2 Å². The molecule has 5 heteroatoms. The topological polar surface area (TPSA) is 21.3 Å². The van der Waals surface area contributed by atoms with Crippen molar-refractivity contribution in [1.29, 1.82) is 0 Å². The van der Waals surface area contributed by atoms with Crippen molar-refractivity contribution in [2.45, 2.75) is 26.3 Å². The molecule has 0 aliphatic carbocycles. The van der Waals surface area contributed by atoms with Crippen LogP contribution in [0.5, 0.6) is 5.75 Å². The van der Waals surface area contributed by atoms with Crippen molar-refractivity contribution in [3.8, 4) is 5.75 Å². The zero-order valence-corrected chi connectivity index (χ0v) is 14.7. The van der Waals surface area contributed by atoms with Crippen LogP contribution in [0.2, 0.25) is 0 Å². The Hall–Kier alpha value is 0.420. The lowest BCUT2D eigenvalue weighted by Gasteiger charge is -2.12. The second-order valence-corrected chi connectivity index (χ2v) is 6.63. The first-order chi connectivity index (χ1) is 8.00. The van der Waals surface area contributed by atoms with E-state index in [0.717, 1.165) is 32.1 Å². The summed E-state index contributed by atoms with van der Waals surface area (Å²) in [5, 5.41) is 3.36. The maximum Gasteiger partial charge on any atom is 0.147 e. The zero-order valence-electron chi connectivity index (χ0n) is 9.90. The van der Waals surface area contributed by atoms with Gasteiger partial charge in [-0.3, -0.25) is 0 Å². The standard InChI is InChI=1S/C12H16Br3NO/c1-8(2)16-4-3-5-17-12-10(14)6-9(13)7-11(12)15/h6-8,16H,3-5H2,1-2H3. The van der Waals surface area contributed by atoms with E-state index < -0.39 is 0 Å². The fourth-order valence-electron chi connectivity index (χ4n) is 1.30. The lowest BCUT2D eigenvalue weighted by molar-refractivity contribution is 0.302. The predicted octanol–water partition coefficient (Wildman–Crippen LogP) is 4.74. The third-order valence-electron chi connectivity index (χ3n) is 2.08. The monoisotopic (exact) mass is 427 g/mol. The van der Waals surface area contributed by atoms with E-state index in [-0.39, 0.29) is 0 Å². The number of hydrogen-bond donors (Lipinski definition) is 1. The maximum atomic E-state index is 5.75. The first kappa shape index (κ1) is 15.5. The van der Waals surface area contributed by atoms with E-state index >= 15 is 0 Å².